The predicted molar refractivity (Wildman–Crippen MR) is 82.3 cm³/mol. The maximum Gasteiger partial charge on any atom is 0.238 e. The van der Waals surface area contributed by atoms with Crippen LogP contribution in [-0.4, -0.2) is 18.5 Å². The molecule has 1 fully saturated rings. The van der Waals surface area contributed by atoms with E-state index in [-0.39, 0.29) is 11.5 Å². The highest BCUT2D eigenvalue weighted by atomic mass is 32.2. The summed E-state index contributed by atoms with van der Waals surface area (Å²) in [6.07, 6.45) is 1.03. The fourth-order valence-corrected chi connectivity index (χ4v) is 3.27. The summed E-state index contributed by atoms with van der Waals surface area (Å²) in [6.45, 7) is -0.207. The molecule has 2 heterocycles. The van der Waals surface area contributed by atoms with Crippen LogP contribution in [0, 0.1) is 0 Å². The summed E-state index contributed by atoms with van der Waals surface area (Å²) < 4.78 is 23.9. The molecule has 1 saturated heterocycles. The molecular weight excluding hydrogens is 320 g/mol. The third kappa shape index (κ3) is 3.23. The monoisotopic (exact) mass is 336 g/mol. The smallest absolute Gasteiger partial charge is 0.238 e. The van der Waals surface area contributed by atoms with Crippen molar-refractivity contribution in [3.05, 3.63) is 47.8 Å². The van der Waals surface area contributed by atoms with E-state index >= 15 is 0 Å². The Labute approximate surface area is 132 Å². The van der Waals surface area contributed by atoms with Gasteiger partial charge in [-0.25, -0.2) is 24.4 Å². The third-order valence-electron chi connectivity index (χ3n) is 3.45. The molecule has 1 aliphatic heterocycles. The van der Waals surface area contributed by atoms with Crippen molar-refractivity contribution in [2.24, 2.45) is 5.14 Å². The average Bonchev–Trinajstić information content (AvgIpc) is 3.07. The van der Waals surface area contributed by atoms with Crippen LogP contribution in [0.3, 0.4) is 0 Å². The highest BCUT2D eigenvalue weighted by molar-refractivity contribution is 7.89. The first-order chi connectivity index (χ1) is 11.0. The number of hydrogen-bond donors (Lipinski definition) is 6. The molecule has 0 atom stereocenters. The number of nitrogens with one attached hydrogen (secondary N) is 4. The summed E-state index contributed by atoms with van der Waals surface area (Å²) in [4.78, 5) is 4.04. The van der Waals surface area contributed by atoms with Crippen molar-refractivity contribution in [1.82, 2.24) is 26.9 Å². The van der Waals surface area contributed by atoms with Crippen LogP contribution in [0.4, 0.5) is 0 Å². The first kappa shape index (κ1) is 16.0. The van der Waals surface area contributed by atoms with Gasteiger partial charge in [-0.1, -0.05) is 12.1 Å². The van der Waals surface area contributed by atoms with E-state index < -0.39 is 16.2 Å². The zero-order valence-electron chi connectivity index (χ0n) is 11.9. The Kier molecular flexibility index (Phi) is 4.37. The number of hydrazine groups is 3. The van der Waals surface area contributed by atoms with E-state index in [4.69, 9.17) is 5.14 Å². The number of nitrogens with zero attached hydrogens (tertiary/aromatic N) is 1. The Bertz CT molecular complexity index is 820. The third-order valence-corrected chi connectivity index (χ3v) is 4.42. The second kappa shape index (κ2) is 6.29. The van der Waals surface area contributed by atoms with Gasteiger partial charge >= 0.3 is 0 Å². The van der Waals surface area contributed by atoms with Gasteiger partial charge in [0.25, 0.3) is 0 Å². The molecule has 122 valence electrons. The number of aliphatic hydroxyl groups excluding tert-OH is 1. The van der Waals surface area contributed by atoms with Crippen LogP contribution >= 0.6 is 0 Å². The fourth-order valence-electron chi connectivity index (χ4n) is 2.47. The second-order valence-electron chi connectivity index (χ2n) is 4.93. The molecule has 2 aromatic rings. The SMILES string of the molecule is NS(=O)(=O)c1cccc(-c2ccnc(CO)c2)c1C1NNNN1. The van der Waals surface area contributed by atoms with Crippen LogP contribution in [0.2, 0.25) is 0 Å². The molecule has 0 radical (unpaired) electrons. The number of aliphatic hydroxyl groups is 1. The van der Waals surface area contributed by atoms with Crippen LogP contribution in [0.1, 0.15) is 17.4 Å². The molecule has 0 spiro atoms. The van der Waals surface area contributed by atoms with Crippen molar-refractivity contribution in [2.75, 3.05) is 0 Å². The van der Waals surface area contributed by atoms with Crippen molar-refractivity contribution in [1.29, 1.82) is 0 Å². The van der Waals surface area contributed by atoms with Gasteiger partial charge < -0.3 is 5.11 Å². The zero-order chi connectivity index (χ0) is 16.4. The fraction of sp³-hybridized carbons (Fsp3) is 0.154. The minimum atomic E-state index is -3.92. The molecule has 1 aliphatic rings. The Balaban J connectivity index is 2.23. The van der Waals surface area contributed by atoms with Crippen LogP contribution in [-0.2, 0) is 16.6 Å². The predicted octanol–water partition coefficient (Wildman–Crippen LogP) is -0.996. The molecule has 1 aromatic heterocycles. The number of benzene rings is 1. The molecule has 7 N–H and O–H groups in total. The van der Waals surface area contributed by atoms with Crippen molar-refractivity contribution in [3.63, 3.8) is 0 Å². The van der Waals surface area contributed by atoms with E-state index in [0.29, 0.717) is 16.8 Å². The zero-order valence-corrected chi connectivity index (χ0v) is 12.8. The number of rotatable bonds is 4. The Morgan fingerprint density at radius 1 is 1.22 bits per heavy atom. The van der Waals surface area contributed by atoms with Crippen LogP contribution in [0.15, 0.2) is 41.4 Å². The number of pyridine rings is 1. The maximum absolute atomic E-state index is 11.9. The van der Waals surface area contributed by atoms with Crippen molar-refractivity contribution in [3.8, 4) is 11.1 Å². The Morgan fingerprint density at radius 3 is 2.61 bits per heavy atom. The number of hydrogen-bond acceptors (Lipinski definition) is 8. The summed E-state index contributed by atoms with van der Waals surface area (Å²) in [5.74, 6) is 0. The van der Waals surface area contributed by atoms with Crippen LogP contribution in [0.5, 0.6) is 0 Å². The molecule has 23 heavy (non-hydrogen) atoms. The van der Waals surface area contributed by atoms with Gasteiger partial charge in [0, 0.05) is 11.8 Å². The normalized spacial score (nSPS) is 15.9. The molecule has 1 aromatic carbocycles. The van der Waals surface area contributed by atoms with Crippen molar-refractivity contribution < 1.29 is 13.5 Å². The number of primary sulfonamides is 1. The first-order valence-electron chi connectivity index (χ1n) is 6.73. The van der Waals surface area contributed by atoms with Gasteiger partial charge in [-0.2, -0.15) is 11.1 Å². The quantitative estimate of drug-likeness (QED) is 0.418. The highest BCUT2D eigenvalue weighted by Crippen LogP contribution is 2.32. The molecule has 0 saturated carbocycles. The van der Waals surface area contributed by atoms with E-state index in [9.17, 15) is 13.5 Å². The lowest BCUT2D eigenvalue weighted by Gasteiger charge is -2.18. The molecule has 0 amide bonds. The Hall–Kier alpha value is -1.92. The molecular formula is C13H16N6O3S. The van der Waals surface area contributed by atoms with Gasteiger partial charge in [0.05, 0.1) is 17.2 Å². The highest BCUT2D eigenvalue weighted by Gasteiger charge is 2.26. The topological polar surface area (TPSA) is 141 Å². The second-order valence-corrected chi connectivity index (χ2v) is 6.46. The van der Waals surface area contributed by atoms with Crippen LogP contribution in [0.25, 0.3) is 11.1 Å². The lowest BCUT2D eigenvalue weighted by Crippen LogP contribution is -2.33. The largest absolute Gasteiger partial charge is 0.390 e. The van der Waals surface area contributed by atoms with E-state index in [1.54, 1.807) is 30.5 Å². The van der Waals surface area contributed by atoms with Gasteiger partial charge in [-0.15, -0.1) is 0 Å². The number of aromatic nitrogens is 1. The van der Waals surface area contributed by atoms with Gasteiger partial charge in [0.2, 0.25) is 10.0 Å². The molecule has 0 unspecified atom stereocenters. The van der Waals surface area contributed by atoms with Gasteiger partial charge in [0.1, 0.15) is 6.17 Å². The van der Waals surface area contributed by atoms with Crippen molar-refractivity contribution >= 4 is 10.0 Å². The summed E-state index contributed by atoms with van der Waals surface area (Å²) in [6, 6.07) is 8.28. The first-order valence-corrected chi connectivity index (χ1v) is 8.28. The average molecular weight is 336 g/mol. The minimum Gasteiger partial charge on any atom is -0.390 e. The summed E-state index contributed by atoms with van der Waals surface area (Å²) in [7, 11) is -3.92. The summed E-state index contributed by atoms with van der Waals surface area (Å²) in [5.41, 5.74) is 13.4. The van der Waals surface area contributed by atoms with Gasteiger partial charge in [-0.05, 0) is 29.3 Å². The molecule has 0 aliphatic carbocycles. The molecule has 0 bridgehead atoms. The molecule has 10 heteroatoms. The van der Waals surface area contributed by atoms with Gasteiger partial charge in [-0.3, -0.25) is 4.98 Å². The summed E-state index contributed by atoms with van der Waals surface area (Å²) in [5, 5.41) is 14.6. The standard InChI is InChI=1S/C13H16N6O3S/c14-23(21,22)11-3-1-2-10(12(11)13-16-18-19-17-13)8-4-5-15-9(6-8)7-20/h1-6,13,16-20H,7H2,(H2,14,21,22). The molecule has 9 nitrogen and oxygen atoms in total. The van der Waals surface area contributed by atoms with Crippen molar-refractivity contribution in [2.45, 2.75) is 17.7 Å². The molecule has 3 rings (SSSR count). The Morgan fingerprint density at radius 2 is 1.96 bits per heavy atom. The van der Waals surface area contributed by atoms with E-state index in [1.165, 1.54) is 6.07 Å². The van der Waals surface area contributed by atoms with Gasteiger partial charge in [0.15, 0.2) is 0 Å². The minimum absolute atomic E-state index is 0.00728. The van der Waals surface area contributed by atoms with E-state index in [1.807, 2.05) is 0 Å². The summed E-state index contributed by atoms with van der Waals surface area (Å²) >= 11 is 0. The number of sulfonamides is 1. The number of nitrogens with two attached hydrogens (primary N) is 1. The van der Waals surface area contributed by atoms with E-state index in [0.717, 1.165) is 5.56 Å². The lowest BCUT2D eigenvalue weighted by atomic mass is 9.98. The van der Waals surface area contributed by atoms with E-state index in [2.05, 4.69) is 26.9 Å². The van der Waals surface area contributed by atoms with Crippen LogP contribution < -0.4 is 27.1 Å². The lowest BCUT2D eigenvalue weighted by molar-refractivity contribution is 0.277. The maximum atomic E-state index is 11.9.